The predicted molar refractivity (Wildman–Crippen MR) is 67.5 cm³/mol. The molecule has 0 saturated carbocycles. The molecule has 1 N–H and O–H groups in total. The van der Waals surface area contributed by atoms with Crippen LogP contribution in [0.25, 0.3) is 0 Å². The average Bonchev–Trinajstić information content (AvgIpc) is 2.38. The molecular weight excluding hydrogens is 254 g/mol. The second-order valence-electron chi connectivity index (χ2n) is 5.31. The number of sulfonamides is 1. The van der Waals surface area contributed by atoms with E-state index in [-0.39, 0.29) is 4.90 Å². The van der Waals surface area contributed by atoms with Crippen molar-refractivity contribution in [1.29, 1.82) is 0 Å². The Labute approximate surface area is 107 Å². The Kier molecular flexibility index (Phi) is 3.58. The number of aromatic nitrogens is 2. The molecule has 0 aliphatic heterocycles. The number of hydrogen-bond donors (Lipinski definition) is 1. The van der Waals surface area contributed by atoms with Gasteiger partial charge in [-0.1, -0.05) is 20.8 Å². The van der Waals surface area contributed by atoms with Crippen LogP contribution in [0.5, 0.6) is 0 Å². The van der Waals surface area contributed by atoms with E-state index in [2.05, 4.69) is 9.82 Å². The van der Waals surface area contributed by atoms with Crippen LogP contribution >= 0.6 is 0 Å². The Hall–Kier alpha value is -1.37. The minimum absolute atomic E-state index is 0.0719. The third kappa shape index (κ3) is 2.72. The molecule has 1 aromatic heterocycles. The number of aryl methyl sites for hydroxylation is 2. The van der Waals surface area contributed by atoms with Crippen LogP contribution in [0.2, 0.25) is 0 Å². The lowest BCUT2D eigenvalue weighted by Crippen LogP contribution is -2.39. The van der Waals surface area contributed by atoms with Gasteiger partial charge in [0.2, 0.25) is 5.91 Å². The standard InChI is InChI=1S/C11H19N3O3S/c1-7-9(8(2)14(6)12-7)18(16,17)13-10(15)11(3,4)5/h1-6H3,(H,13,15). The molecule has 1 heterocycles. The summed E-state index contributed by atoms with van der Waals surface area (Å²) in [7, 11) is -2.21. The fourth-order valence-electron chi connectivity index (χ4n) is 1.47. The highest BCUT2D eigenvalue weighted by atomic mass is 32.2. The van der Waals surface area contributed by atoms with Gasteiger partial charge in [0, 0.05) is 12.5 Å². The predicted octanol–water partition coefficient (Wildman–Crippen LogP) is 0.888. The molecule has 0 fully saturated rings. The molecule has 0 atom stereocenters. The van der Waals surface area contributed by atoms with E-state index in [1.54, 1.807) is 41.7 Å². The molecule has 0 aliphatic rings. The van der Waals surface area contributed by atoms with E-state index in [1.807, 2.05) is 0 Å². The lowest BCUT2D eigenvalue weighted by atomic mass is 9.96. The summed E-state index contributed by atoms with van der Waals surface area (Å²) >= 11 is 0. The average molecular weight is 273 g/mol. The molecule has 18 heavy (non-hydrogen) atoms. The number of nitrogens with zero attached hydrogens (tertiary/aromatic N) is 2. The van der Waals surface area contributed by atoms with Gasteiger partial charge in [-0.3, -0.25) is 9.48 Å². The molecule has 102 valence electrons. The van der Waals surface area contributed by atoms with Gasteiger partial charge in [0.25, 0.3) is 10.0 Å². The zero-order valence-electron chi connectivity index (χ0n) is 11.5. The van der Waals surface area contributed by atoms with E-state index < -0.39 is 21.3 Å². The molecule has 0 bridgehead atoms. The van der Waals surface area contributed by atoms with Crippen molar-refractivity contribution >= 4 is 15.9 Å². The summed E-state index contributed by atoms with van der Waals surface area (Å²) in [6, 6.07) is 0. The second kappa shape index (κ2) is 4.38. The van der Waals surface area contributed by atoms with Crippen LogP contribution in [0.3, 0.4) is 0 Å². The Balaban J connectivity index is 3.20. The van der Waals surface area contributed by atoms with Crippen molar-refractivity contribution in [2.75, 3.05) is 0 Å². The number of carbonyl (C=O) groups excluding carboxylic acids is 1. The first-order valence-electron chi connectivity index (χ1n) is 5.54. The van der Waals surface area contributed by atoms with Crippen molar-refractivity contribution in [3.05, 3.63) is 11.4 Å². The molecule has 0 aromatic carbocycles. The summed E-state index contributed by atoms with van der Waals surface area (Å²) in [6.45, 7) is 8.21. The molecule has 7 heteroatoms. The lowest BCUT2D eigenvalue weighted by Gasteiger charge is -2.17. The van der Waals surface area contributed by atoms with Crippen LogP contribution in [0.4, 0.5) is 0 Å². The van der Waals surface area contributed by atoms with Gasteiger partial charge in [-0.2, -0.15) is 5.10 Å². The molecule has 1 aromatic rings. The van der Waals surface area contributed by atoms with Crippen molar-refractivity contribution in [3.8, 4) is 0 Å². The summed E-state index contributed by atoms with van der Waals surface area (Å²) in [5.74, 6) is -0.537. The Morgan fingerprint density at radius 2 is 1.78 bits per heavy atom. The molecule has 1 amide bonds. The highest BCUT2D eigenvalue weighted by molar-refractivity contribution is 7.90. The maximum Gasteiger partial charge on any atom is 0.267 e. The molecule has 0 spiro atoms. The van der Waals surface area contributed by atoms with Crippen LogP contribution in [0, 0.1) is 19.3 Å². The summed E-state index contributed by atoms with van der Waals surface area (Å²) in [4.78, 5) is 11.8. The molecule has 0 saturated heterocycles. The van der Waals surface area contributed by atoms with Gasteiger partial charge in [-0.05, 0) is 13.8 Å². The minimum atomic E-state index is -3.87. The fraction of sp³-hybridized carbons (Fsp3) is 0.636. The third-order valence-electron chi connectivity index (χ3n) is 2.62. The zero-order chi connectivity index (χ0) is 14.3. The van der Waals surface area contributed by atoms with E-state index in [9.17, 15) is 13.2 Å². The Morgan fingerprint density at radius 3 is 2.11 bits per heavy atom. The van der Waals surface area contributed by atoms with Crippen LogP contribution in [0.15, 0.2) is 4.90 Å². The van der Waals surface area contributed by atoms with Gasteiger partial charge in [0.15, 0.2) is 0 Å². The maximum atomic E-state index is 12.2. The monoisotopic (exact) mass is 273 g/mol. The Bertz CT molecular complexity index is 579. The maximum absolute atomic E-state index is 12.2. The first-order chi connectivity index (χ1) is 7.97. The topological polar surface area (TPSA) is 81.1 Å². The summed E-state index contributed by atoms with van der Waals surface area (Å²) in [5.41, 5.74) is 0.114. The molecule has 6 nitrogen and oxygen atoms in total. The molecule has 0 radical (unpaired) electrons. The molecule has 0 aliphatic carbocycles. The van der Waals surface area contributed by atoms with Crippen molar-refractivity contribution < 1.29 is 13.2 Å². The molecule has 0 unspecified atom stereocenters. The van der Waals surface area contributed by atoms with Gasteiger partial charge >= 0.3 is 0 Å². The number of rotatable bonds is 2. The first-order valence-corrected chi connectivity index (χ1v) is 7.02. The van der Waals surface area contributed by atoms with Gasteiger partial charge in [-0.15, -0.1) is 0 Å². The van der Waals surface area contributed by atoms with E-state index in [0.717, 1.165) is 0 Å². The number of carbonyl (C=O) groups is 1. The lowest BCUT2D eigenvalue weighted by molar-refractivity contribution is -0.126. The summed E-state index contributed by atoms with van der Waals surface area (Å²) in [5, 5.41) is 4.03. The largest absolute Gasteiger partial charge is 0.273 e. The van der Waals surface area contributed by atoms with E-state index in [1.165, 1.54) is 4.68 Å². The molecule has 1 rings (SSSR count). The summed E-state index contributed by atoms with van der Waals surface area (Å²) in [6.07, 6.45) is 0. The van der Waals surface area contributed by atoms with Crippen molar-refractivity contribution in [2.45, 2.75) is 39.5 Å². The van der Waals surface area contributed by atoms with Crippen LogP contribution in [-0.4, -0.2) is 24.1 Å². The van der Waals surface area contributed by atoms with Gasteiger partial charge < -0.3 is 0 Å². The highest BCUT2D eigenvalue weighted by Gasteiger charge is 2.30. The van der Waals surface area contributed by atoms with Crippen molar-refractivity contribution in [3.63, 3.8) is 0 Å². The van der Waals surface area contributed by atoms with Gasteiger partial charge in [0.05, 0.1) is 11.4 Å². The quantitative estimate of drug-likeness (QED) is 0.867. The number of nitrogens with one attached hydrogen (secondary N) is 1. The minimum Gasteiger partial charge on any atom is -0.273 e. The summed E-state index contributed by atoms with van der Waals surface area (Å²) < 4.78 is 27.9. The zero-order valence-corrected chi connectivity index (χ0v) is 12.3. The van der Waals surface area contributed by atoms with E-state index >= 15 is 0 Å². The highest BCUT2D eigenvalue weighted by Crippen LogP contribution is 2.20. The SMILES string of the molecule is Cc1nn(C)c(C)c1S(=O)(=O)NC(=O)C(C)(C)C. The van der Waals surface area contributed by atoms with Crippen LogP contribution < -0.4 is 4.72 Å². The van der Waals surface area contributed by atoms with Gasteiger partial charge in [-0.25, -0.2) is 13.1 Å². The molecular formula is C11H19N3O3S. The number of hydrogen-bond acceptors (Lipinski definition) is 4. The normalized spacial score (nSPS) is 12.6. The Morgan fingerprint density at radius 1 is 1.28 bits per heavy atom. The fourth-order valence-corrected chi connectivity index (χ4v) is 3.07. The smallest absolute Gasteiger partial charge is 0.267 e. The van der Waals surface area contributed by atoms with Gasteiger partial charge in [0.1, 0.15) is 4.90 Å². The van der Waals surface area contributed by atoms with E-state index in [4.69, 9.17) is 0 Å². The van der Waals surface area contributed by atoms with Crippen molar-refractivity contribution in [2.24, 2.45) is 12.5 Å². The van der Waals surface area contributed by atoms with Crippen molar-refractivity contribution in [1.82, 2.24) is 14.5 Å². The second-order valence-corrected chi connectivity index (χ2v) is 6.93. The first kappa shape index (κ1) is 14.7. The number of amides is 1. The van der Waals surface area contributed by atoms with Crippen LogP contribution in [-0.2, 0) is 21.9 Å². The van der Waals surface area contributed by atoms with E-state index in [0.29, 0.717) is 11.4 Å². The van der Waals surface area contributed by atoms with Crippen LogP contribution in [0.1, 0.15) is 32.2 Å². The third-order valence-corrected chi connectivity index (χ3v) is 4.20.